The molecule has 0 atom stereocenters. The summed E-state index contributed by atoms with van der Waals surface area (Å²) in [6.07, 6.45) is 0.672. The van der Waals surface area contributed by atoms with Crippen LogP contribution in [-0.4, -0.2) is 26.5 Å². The van der Waals surface area contributed by atoms with Gasteiger partial charge in [0.1, 0.15) is 5.82 Å². The predicted molar refractivity (Wildman–Crippen MR) is 75.3 cm³/mol. The maximum absolute atomic E-state index is 12.7. The van der Waals surface area contributed by atoms with Gasteiger partial charge in [-0.15, -0.1) is 10.2 Å². The standard InChI is InChI=1S/C12H14FN5OS/c1-2-10-16-17-12(18(10)14)20-7-11(19)15-9-5-3-8(13)4-6-9/h3-6H,2,7,14H2,1H3,(H,15,19). The van der Waals surface area contributed by atoms with Gasteiger partial charge in [-0.1, -0.05) is 18.7 Å². The molecule has 0 bridgehead atoms. The van der Waals surface area contributed by atoms with Gasteiger partial charge in [-0.05, 0) is 24.3 Å². The molecule has 0 aliphatic heterocycles. The average molecular weight is 295 g/mol. The predicted octanol–water partition coefficient (Wildman–Crippen LogP) is 1.42. The summed E-state index contributed by atoms with van der Waals surface area (Å²) in [5, 5.41) is 10.9. The van der Waals surface area contributed by atoms with Crippen LogP contribution < -0.4 is 11.2 Å². The lowest BCUT2D eigenvalue weighted by molar-refractivity contribution is -0.113. The van der Waals surface area contributed by atoms with Crippen molar-refractivity contribution in [2.75, 3.05) is 16.9 Å². The molecular formula is C12H14FN5OS. The number of aromatic nitrogens is 3. The summed E-state index contributed by atoms with van der Waals surface area (Å²) < 4.78 is 14.1. The molecule has 1 amide bonds. The zero-order valence-electron chi connectivity index (χ0n) is 10.8. The highest BCUT2D eigenvalue weighted by molar-refractivity contribution is 7.99. The van der Waals surface area contributed by atoms with Crippen LogP contribution >= 0.6 is 11.8 Å². The summed E-state index contributed by atoms with van der Waals surface area (Å²) in [6.45, 7) is 1.92. The highest BCUT2D eigenvalue weighted by atomic mass is 32.2. The topological polar surface area (TPSA) is 85.8 Å². The molecule has 3 N–H and O–H groups in total. The number of hydrogen-bond donors (Lipinski definition) is 2. The highest BCUT2D eigenvalue weighted by Crippen LogP contribution is 2.15. The van der Waals surface area contributed by atoms with E-state index in [9.17, 15) is 9.18 Å². The number of nitrogens with zero attached hydrogens (tertiary/aromatic N) is 3. The van der Waals surface area contributed by atoms with Gasteiger partial charge >= 0.3 is 0 Å². The van der Waals surface area contributed by atoms with Gasteiger partial charge in [-0.2, -0.15) is 0 Å². The van der Waals surface area contributed by atoms with Gasteiger partial charge in [0.2, 0.25) is 11.1 Å². The third-order valence-corrected chi connectivity index (χ3v) is 3.45. The van der Waals surface area contributed by atoms with Crippen LogP contribution in [0.2, 0.25) is 0 Å². The van der Waals surface area contributed by atoms with Gasteiger partial charge < -0.3 is 11.2 Å². The molecule has 0 radical (unpaired) electrons. The van der Waals surface area contributed by atoms with Crippen molar-refractivity contribution < 1.29 is 9.18 Å². The first-order chi connectivity index (χ1) is 9.60. The summed E-state index contributed by atoms with van der Waals surface area (Å²) in [6, 6.07) is 5.57. The Kier molecular flexibility index (Phi) is 4.57. The summed E-state index contributed by atoms with van der Waals surface area (Å²) in [5.74, 6) is 6.01. The molecule has 20 heavy (non-hydrogen) atoms. The lowest BCUT2D eigenvalue weighted by Crippen LogP contribution is -2.17. The summed E-state index contributed by atoms with van der Waals surface area (Å²) in [5.41, 5.74) is 0.542. The maximum Gasteiger partial charge on any atom is 0.234 e. The fourth-order valence-corrected chi connectivity index (χ4v) is 2.18. The molecule has 0 unspecified atom stereocenters. The fraction of sp³-hybridized carbons (Fsp3) is 0.250. The average Bonchev–Trinajstić information content (AvgIpc) is 2.79. The third kappa shape index (κ3) is 3.47. The third-order valence-electron chi connectivity index (χ3n) is 2.51. The van der Waals surface area contributed by atoms with E-state index in [0.717, 1.165) is 0 Å². The number of nitrogens with two attached hydrogens (primary N) is 1. The molecule has 106 valence electrons. The smallest absolute Gasteiger partial charge is 0.234 e. The van der Waals surface area contributed by atoms with E-state index in [0.29, 0.717) is 23.1 Å². The Morgan fingerprint density at radius 1 is 1.40 bits per heavy atom. The minimum Gasteiger partial charge on any atom is -0.336 e. The van der Waals surface area contributed by atoms with Crippen LogP contribution in [0.15, 0.2) is 29.4 Å². The number of nitrogens with one attached hydrogen (secondary N) is 1. The van der Waals surface area contributed by atoms with E-state index in [2.05, 4.69) is 15.5 Å². The Hall–Kier alpha value is -2.09. The van der Waals surface area contributed by atoms with Crippen molar-refractivity contribution in [3.63, 3.8) is 0 Å². The molecule has 0 saturated carbocycles. The Morgan fingerprint density at radius 2 is 2.10 bits per heavy atom. The molecule has 2 rings (SSSR count). The van der Waals surface area contributed by atoms with Gasteiger partial charge in [-0.25, -0.2) is 9.07 Å². The molecule has 6 nitrogen and oxygen atoms in total. The first-order valence-corrected chi connectivity index (χ1v) is 6.96. The number of carbonyl (C=O) groups is 1. The first kappa shape index (κ1) is 14.3. The summed E-state index contributed by atoms with van der Waals surface area (Å²) >= 11 is 1.19. The van der Waals surface area contributed by atoms with E-state index in [1.807, 2.05) is 6.92 Å². The minimum atomic E-state index is -0.347. The van der Waals surface area contributed by atoms with E-state index < -0.39 is 0 Å². The lowest BCUT2D eigenvalue weighted by Gasteiger charge is -2.05. The van der Waals surface area contributed by atoms with Crippen molar-refractivity contribution in [2.24, 2.45) is 0 Å². The second-order valence-corrected chi connectivity index (χ2v) is 4.91. The molecule has 1 heterocycles. The second-order valence-electron chi connectivity index (χ2n) is 3.97. The normalized spacial score (nSPS) is 10.5. The van der Waals surface area contributed by atoms with Crippen LogP contribution in [0, 0.1) is 5.82 Å². The largest absolute Gasteiger partial charge is 0.336 e. The van der Waals surface area contributed by atoms with Crippen LogP contribution in [0.25, 0.3) is 0 Å². The SMILES string of the molecule is CCc1nnc(SCC(=O)Nc2ccc(F)cc2)n1N. The van der Waals surface area contributed by atoms with E-state index in [1.165, 1.54) is 40.7 Å². The molecule has 0 saturated heterocycles. The van der Waals surface area contributed by atoms with Crippen molar-refractivity contribution in [2.45, 2.75) is 18.5 Å². The van der Waals surface area contributed by atoms with Crippen LogP contribution in [0.4, 0.5) is 10.1 Å². The van der Waals surface area contributed by atoms with Crippen molar-refractivity contribution in [3.05, 3.63) is 35.9 Å². The van der Waals surface area contributed by atoms with Crippen molar-refractivity contribution in [3.8, 4) is 0 Å². The maximum atomic E-state index is 12.7. The Bertz CT molecular complexity index is 598. The Balaban J connectivity index is 1.88. The van der Waals surface area contributed by atoms with Crippen LogP contribution in [-0.2, 0) is 11.2 Å². The van der Waals surface area contributed by atoms with Gasteiger partial charge in [-0.3, -0.25) is 4.79 Å². The van der Waals surface area contributed by atoms with Gasteiger partial charge in [0.25, 0.3) is 0 Å². The van der Waals surface area contributed by atoms with E-state index in [4.69, 9.17) is 5.84 Å². The van der Waals surface area contributed by atoms with E-state index >= 15 is 0 Å². The van der Waals surface area contributed by atoms with Gasteiger partial charge in [0.15, 0.2) is 5.82 Å². The second kappa shape index (κ2) is 6.38. The Labute approximate surface area is 119 Å². The number of carbonyl (C=O) groups excluding carboxylic acids is 1. The number of nitrogen functional groups attached to an aromatic ring is 1. The van der Waals surface area contributed by atoms with Crippen molar-refractivity contribution in [1.82, 2.24) is 14.9 Å². The van der Waals surface area contributed by atoms with E-state index in [1.54, 1.807) is 0 Å². The zero-order chi connectivity index (χ0) is 14.5. The number of amides is 1. The first-order valence-electron chi connectivity index (χ1n) is 5.97. The highest BCUT2D eigenvalue weighted by Gasteiger charge is 2.11. The van der Waals surface area contributed by atoms with Crippen molar-refractivity contribution >= 4 is 23.4 Å². The summed E-state index contributed by atoms with van der Waals surface area (Å²) in [7, 11) is 0. The molecule has 0 spiro atoms. The molecular weight excluding hydrogens is 281 g/mol. The molecule has 8 heteroatoms. The number of anilines is 1. The van der Waals surface area contributed by atoms with Gasteiger partial charge in [0.05, 0.1) is 5.75 Å². The zero-order valence-corrected chi connectivity index (χ0v) is 11.7. The quantitative estimate of drug-likeness (QED) is 0.643. The Morgan fingerprint density at radius 3 is 2.70 bits per heavy atom. The number of halogens is 1. The number of hydrogen-bond acceptors (Lipinski definition) is 5. The van der Waals surface area contributed by atoms with Crippen LogP contribution in [0.3, 0.4) is 0 Å². The monoisotopic (exact) mass is 295 g/mol. The van der Waals surface area contributed by atoms with Gasteiger partial charge in [0, 0.05) is 12.1 Å². The van der Waals surface area contributed by atoms with Crippen LogP contribution in [0.5, 0.6) is 0 Å². The number of benzene rings is 1. The fourth-order valence-electron chi connectivity index (χ4n) is 1.51. The molecule has 1 aromatic carbocycles. The molecule has 2 aromatic rings. The molecule has 0 fully saturated rings. The minimum absolute atomic E-state index is 0.149. The van der Waals surface area contributed by atoms with Crippen LogP contribution in [0.1, 0.15) is 12.7 Å². The lowest BCUT2D eigenvalue weighted by atomic mass is 10.3. The number of aryl methyl sites for hydroxylation is 1. The molecule has 0 aliphatic carbocycles. The molecule has 1 aromatic heterocycles. The van der Waals surface area contributed by atoms with E-state index in [-0.39, 0.29) is 17.5 Å². The summed E-state index contributed by atoms with van der Waals surface area (Å²) in [4.78, 5) is 11.7. The number of thioether (sulfide) groups is 1. The molecule has 0 aliphatic rings. The van der Waals surface area contributed by atoms with Crippen molar-refractivity contribution in [1.29, 1.82) is 0 Å². The number of rotatable bonds is 5.